The lowest BCUT2D eigenvalue weighted by Gasteiger charge is -2.28. The number of nitrogens with one attached hydrogen (secondary N) is 4. The van der Waals surface area contributed by atoms with Gasteiger partial charge in [0.05, 0.1) is 6.04 Å². The zero-order valence-corrected chi connectivity index (χ0v) is 7.59. The standard InChI is InChI=1S/C8H12N4O2/c13-7-10-3-5(4-11-7)6-1-2-9-8(14)12-6/h3,6H,1-2,4H2,(H2,9,12,14)(H2,10,11,13). The Hall–Kier alpha value is -1.72. The van der Waals surface area contributed by atoms with Crippen LogP contribution in [-0.2, 0) is 0 Å². The second-order valence-electron chi connectivity index (χ2n) is 3.29. The Labute approximate surface area is 81.1 Å². The summed E-state index contributed by atoms with van der Waals surface area (Å²) < 4.78 is 0. The van der Waals surface area contributed by atoms with Crippen LogP contribution in [0.5, 0.6) is 0 Å². The summed E-state index contributed by atoms with van der Waals surface area (Å²) in [7, 11) is 0. The van der Waals surface area contributed by atoms with Crippen molar-refractivity contribution in [1.29, 1.82) is 0 Å². The van der Waals surface area contributed by atoms with Crippen LogP contribution in [0.25, 0.3) is 0 Å². The van der Waals surface area contributed by atoms with Crippen molar-refractivity contribution in [2.24, 2.45) is 0 Å². The molecule has 0 radical (unpaired) electrons. The predicted molar refractivity (Wildman–Crippen MR) is 49.6 cm³/mol. The van der Waals surface area contributed by atoms with E-state index in [0.29, 0.717) is 13.1 Å². The van der Waals surface area contributed by atoms with Crippen LogP contribution in [0.1, 0.15) is 6.42 Å². The summed E-state index contributed by atoms with van der Waals surface area (Å²) in [6, 6.07) is -0.329. The highest BCUT2D eigenvalue weighted by Gasteiger charge is 2.23. The number of rotatable bonds is 1. The van der Waals surface area contributed by atoms with Gasteiger partial charge in [-0.05, 0) is 12.0 Å². The van der Waals surface area contributed by atoms with E-state index < -0.39 is 0 Å². The van der Waals surface area contributed by atoms with Crippen LogP contribution in [0, 0.1) is 0 Å². The molecule has 0 aromatic heterocycles. The second-order valence-corrected chi connectivity index (χ2v) is 3.29. The van der Waals surface area contributed by atoms with Gasteiger partial charge in [-0.1, -0.05) is 0 Å². The number of hydrogen-bond acceptors (Lipinski definition) is 2. The topological polar surface area (TPSA) is 82.3 Å². The van der Waals surface area contributed by atoms with Crippen LogP contribution in [0.15, 0.2) is 11.8 Å². The van der Waals surface area contributed by atoms with E-state index in [-0.39, 0.29) is 18.1 Å². The molecular weight excluding hydrogens is 184 g/mol. The Balaban J connectivity index is 2.00. The van der Waals surface area contributed by atoms with Gasteiger partial charge in [-0.25, -0.2) is 9.59 Å². The molecule has 0 spiro atoms. The molecule has 76 valence electrons. The number of amides is 4. The minimum Gasteiger partial charge on any atom is -0.338 e. The Morgan fingerprint density at radius 1 is 1.21 bits per heavy atom. The molecule has 2 aliphatic rings. The molecule has 14 heavy (non-hydrogen) atoms. The Morgan fingerprint density at radius 2 is 2.07 bits per heavy atom. The third kappa shape index (κ3) is 1.78. The van der Waals surface area contributed by atoms with Gasteiger partial charge in [0.25, 0.3) is 0 Å². The molecule has 0 aliphatic carbocycles. The molecule has 6 heteroatoms. The SMILES string of the molecule is O=C1NC=C(C2CCNC(=O)N2)CN1. The van der Waals surface area contributed by atoms with E-state index in [4.69, 9.17) is 0 Å². The molecule has 0 saturated carbocycles. The highest BCUT2D eigenvalue weighted by Crippen LogP contribution is 2.09. The van der Waals surface area contributed by atoms with Crippen molar-refractivity contribution in [3.05, 3.63) is 11.8 Å². The molecule has 0 aromatic rings. The Bertz CT molecular complexity index is 300. The molecule has 6 nitrogen and oxygen atoms in total. The highest BCUT2D eigenvalue weighted by molar-refractivity contribution is 5.78. The Morgan fingerprint density at radius 3 is 2.71 bits per heavy atom. The maximum atomic E-state index is 11.0. The van der Waals surface area contributed by atoms with Crippen molar-refractivity contribution in [2.75, 3.05) is 13.1 Å². The third-order valence-electron chi connectivity index (χ3n) is 2.31. The van der Waals surface area contributed by atoms with Crippen LogP contribution >= 0.6 is 0 Å². The van der Waals surface area contributed by atoms with Gasteiger partial charge in [0.15, 0.2) is 0 Å². The molecule has 4 amide bonds. The highest BCUT2D eigenvalue weighted by atomic mass is 16.2. The van der Waals surface area contributed by atoms with Gasteiger partial charge in [0.1, 0.15) is 0 Å². The molecule has 4 N–H and O–H groups in total. The molecule has 2 heterocycles. The van der Waals surface area contributed by atoms with Gasteiger partial charge in [-0.3, -0.25) is 0 Å². The monoisotopic (exact) mass is 196 g/mol. The second kappa shape index (κ2) is 3.57. The van der Waals surface area contributed by atoms with Gasteiger partial charge in [-0.15, -0.1) is 0 Å². The molecule has 0 aromatic carbocycles. The van der Waals surface area contributed by atoms with Crippen molar-refractivity contribution in [3.8, 4) is 0 Å². The first-order valence-corrected chi connectivity index (χ1v) is 4.53. The van der Waals surface area contributed by atoms with Crippen LogP contribution in [0.2, 0.25) is 0 Å². The summed E-state index contributed by atoms with van der Waals surface area (Å²) in [5.41, 5.74) is 0.999. The number of hydrogen-bond donors (Lipinski definition) is 4. The van der Waals surface area contributed by atoms with Crippen LogP contribution < -0.4 is 21.3 Å². The van der Waals surface area contributed by atoms with Gasteiger partial charge in [-0.2, -0.15) is 0 Å². The lowest BCUT2D eigenvalue weighted by atomic mass is 10.0. The number of carbonyl (C=O) groups excluding carboxylic acids is 2. The van der Waals surface area contributed by atoms with E-state index >= 15 is 0 Å². The van der Waals surface area contributed by atoms with Crippen molar-refractivity contribution < 1.29 is 9.59 Å². The predicted octanol–water partition coefficient (Wildman–Crippen LogP) is -0.745. The average molecular weight is 196 g/mol. The normalized spacial score (nSPS) is 26.6. The molecule has 1 fully saturated rings. The quantitative estimate of drug-likeness (QED) is 0.445. The van der Waals surface area contributed by atoms with Crippen molar-refractivity contribution in [1.82, 2.24) is 21.3 Å². The van der Waals surface area contributed by atoms with E-state index in [0.717, 1.165) is 12.0 Å². The summed E-state index contributed by atoms with van der Waals surface area (Å²) in [6.07, 6.45) is 2.50. The van der Waals surface area contributed by atoms with Crippen LogP contribution in [-0.4, -0.2) is 31.2 Å². The van der Waals surface area contributed by atoms with Crippen LogP contribution in [0.3, 0.4) is 0 Å². The number of carbonyl (C=O) groups is 2. The maximum absolute atomic E-state index is 11.0. The summed E-state index contributed by atoms with van der Waals surface area (Å²) in [4.78, 5) is 21.8. The van der Waals surface area contributed by atoms with E-state index in [2.05, 4.69) is 21.3 Å². The number of urea groups is 2. The summed E-state index contributed by atoms with van der Waals surface area (Å²) in [6.45, 7) is 1.17. The van der Waals surface area contributed by atoms with E-state index in [1.165, 1.54) is 0 Å². The van der Waals surface area contributed by atoms with Gasteiger partial charge < -0.3 is 21.3 Å². The van der Waals surface area contributed by atoms with Gasteiger partial charge in [0.2, 0.25) is 0 Å². The first-order chi connectivity index (χ1) is 6.75. The van der Waals surface area contributed by atoms with Crippen molar-refractivity contribution >= 4 is 12.1 Å². The van der Waals surface area contributed by atoms with Gasteiger partial charge in [0, 0.05) is 19.3 Å². The largest absolute Gasteiger partial charge is 0.338 e. The van der Waals surface area contributed by atoms with E-state index in [1.54, 1.807) is 6.20 Å². The fourth-order valence-electron chi connectivity index (χ4n) is 1.56. The molecule has 2 aliphatic heterocycles. The summed E-state index contributed by atoms with van der Waals surface area (Å²) in [5.74, 6) is 0. The molecule has 0 bridgehead atoms. The Kier molecular flexibility index (Phi) is 2.26. The van der Waals surface area contributed by atoms with Crippen molar-refractivity contribution in [3.63, 3.8) is 0 Å². The summed E-state index contributed by atoms with van der Waals surface area (Å²) in [5, 5.41) is 10.7. The fraction of sp³-hybridized carbons (Fsp3) is 0.500. The van der Waals surface area contributed by atoms with Gasteiger partial charge >= 0.3 is 12.1 Å². The molecule has 2 rings (SSSR count). The first kappa shape index (κ1) is 8.86. The minimum atomic E-state index is -0.200. The van der Waals surface area contributed by atoms with Crippen LogP contribution in [0.4, 0.5) is 9.59 Å². The molecule has 1 unspecified atom stereocenters. The zero-order valence-electron chi connectivity index (χ0n) is 7.59. The average Bonchev–Trinajstić information content (AvgIpc) is 2.19. The van der Waals surface area contributed by atoms with Crippen molar-refractivity contribution in [2.45, 2.75) is 12.5 Å². The first-order valence-electron chi connectivity index (χ1n) is 4.53. The molecule has 1 atom stereocenters. The molecule has 1 saturated heterocycles. The van der Waals surface area contributed by atoms with E-state index in [9.17, 15) is 9.59 Å². The molecular formula is C8H12N4O2. The smallest absolute Gasteiger partial charge is 0.319 e. The van der Waals surface area contributed by atoms with E-state index in [1.807, 2.05) is 0 Å². The minimum absolute atomic E-state index is 0.0249. The maximum Gasteiger partial charge on any atom is 0.319 e. The summed E-state index contributed by atoms with van der Waals surface area (Å²) >= 11 is 0. The third-order valence-corrected chi connectivity index (χ3v) is 2.31. The lowest BCUT2D eigenvalue weighted by Crippen LogP contribution is -2.53. The lowest BCUT2D eigenvalue weighted by molar-refractivity contribution is 0.230. The zero-order chi connectivity index (χ0) is 9.97. The fourth-order valence-corrected chi connectivity index (χ4v) is 1.56.